The Labute approximate surface area is 188 Å². The zero-order valence-corrected chi connectivity index (χ0v) is 17.7. The monoisotopic (exact) mass is 445 g/mol. The molecule has 0 amide bonds. The van der Waals surface area contributed by atoms with Crippen LogP contribution in [-0.2, 0) is 0 Å². The van der Waals surface area contributed by atoms with Gasteiger partial charge >= 0.3 is 0 Å². The van der Waals surface area contributed by atoms with Gasteiger partial charge in [0.05, 0.1) is 10.7 Å². The van der Waals surface area contributed by atoms with Crippen LogP contribution in [0.5, 0.6) is 5.75 Å². The standard InChI is InChI=1S/C24H17ClFN5O/c1-13-4-7-19-16(9-13)21-20(23(32-19)14-5-6-17(25)18(26)10-14)22(15-3-2-8-27-11-15)31-24(30-21)28-12-29-31/h2-12,22-23H,1H3,(H,28,29,30). The van der Waals surface area contributed by atoms with Gasteiger partial charge < -0.3 is 10.1 Å². The summed E-state index contributed by atoms with van der Waals surface area (Å²) in [6, 6.07) is 14.3. The molecule has 6 nitrogen and oxygen atoms in total. The van der Waals surface area contributed by atoms with Crippen molar-refractivity contribution in [2.75, 3.05) is 5.32 Å². The zero-order valence-electron chi connectivity index (χ0n) is 17.0. The van der Waals surface area contributed by atoms with Crippen LogP contribution in [0.25, 0.3) is 5.70 Å². The summed E-state index contributed by atoms with van der Waals surface area (Å²) in [5.74, 6) is 0.834. The van der Waals surface area contributed by atoms with E-state index in [1.54, 1.807) is 29.2 Å². The minimum absolute atomic E-state index is 0.0685. The number of halogens is 2. The number of benzene rings is 2. The van der Waals surface area contributed by atoms with Crippen LogP contribution in [0.2, 0.25) is 5.02 Å². The van der Waals surface area contributed by atoms with Gasteiger partial charge in [0.2, 0.25) is 5.95 Å². The quantitative estimate of drug-likeness (QED) is 0.451. The molecule has 4 heterocycles. The first-order valence-electron chi connectivity index (χ1n) is 10.1. The molecule has 0 bridgehead atoms. The number of aromatic nitrogens is 4. The molecule has 2 aliphatic rings. The summed E-state index contributed by atoms with van der Waals surface area (Å²) in [6.07, 6.45) is 4.47. The molecule has 0 saturated carbocycles. The second-order valence-electron chi connectivity index (χ2n) is 7.84. The maximum Gasteiger partial charge on any atom is 0.226 e. The summed E-state index contributed by atoms with van der Waals surface area (Å²) in [5, 5.41) is 7.97. The van der Waals surface area contributed by atoms with Crippen LogP contribution in [0, 0.1) is 12.7 Å². The largest absolute Gasteiger partial charge is 0.480 e. The molecule has 2 aliphatic heterocycles. The van der Waals surface area contributed by atoms with Crippen molar-refractivity contribution in [3.63, 3.8) is 0 Å². The number of nitrogens with one attached hydrogen (secondary N) is 1. The lowest BCUT2D eigenvalue weighted by atomic mass is 9.85. The summed E-state index contributed by atoms with van der Waals surface area (Å²) in [5.41, 5.74) is 5.38. The first-order chi connectivity index (χ1) is 15.6. The van der Waals surface area contributed by atoms with Crippen LogP contribution in [-0.4, -0.2) is 19.7 Å². The highest BCUT2D eigenvalue weighted by molar-refractivity contribution is 6.30. The lowest BCUT2D eigenvalue weighted by molar-refractivity contribution is 0.222. The molecular weight excluding hydrogens is 429 g/mol. The van der Waals surface area contributed by atoms with Crippen molar-refractivity contribution >= 4 is 23.2 Å². The van der Waals surface area contributed by atoms with E-state index in [1.165, 1.54) is 12.4 Å². The van der Waals surface area contributed by atoms with Crippen molar-refractivity contribution in [2.24, 2.45) is 0 Å². The van der Waals surface area contributed by atoms with Crippen LogP contribution in [0.4, 0.5) is 10.3 Å². The summed E-state index contributed by atoms with van der Waals surface area (Å²) >= 11 is 5.96. The minimum Gasteiger partial charge on any atom is -0.480 e. The van der Waals surface area contributed by atoms with E-state index < -0.39 is 11.9 Å². The van der Waals surface area contributed by atoms with Gasteiger partial charge in [0, 0.05) is 23.5 Å². The molecule has 2 aromatic heterocycles. The smallest absolute Gasteiger partial charge is 0.226 e. The number of hydrogen-bond donors (Lipinski definition) is 1. The summed E-state index contributed by atoms with van der Waals surface area (Å²) in [6.45, 7) is 2.03. The number of rotatable bonds is 2. The van der Waals surface area contributed by atoms with Gasteiger partial charge in [-0.2, -0.15) is 10.1 Å². The highest BCUT2D eigenvalue weighted by Crippen LogP contribution is 2.50. The van der Waals surface area contributed by atoms with Crippen LogP contribution in [0.1, 0.15) is 34.4 Å². The SMILES string of the molecule is Cc1ccc2c(c1)C1=C(C(c3ccc(Cl)c(F)c3)O2)C(c2cccnc2)n2ncnc2N1. The van der Waals surface area contributed by atoms with E-state index in [0.717, 1.165) is 28.0 Å². The van der Waals surface area contributed by atoms with Crippen LogP contribution >= 0.6 is 11.6 Å². The fraction of sp³-hybridized carbons (Fsp3) is 0.125. The average Bonchev–Trinajstić information content (AvgIpc) is 3.28. The van der Waals surface area contributed by atoms with Gasteiger partial charge in [-0.3, -0.25) is 4.98 Å². The summed E-state index contributed by atoms with van der Waals surface area (Å²) < 4.78 is 22.8. The molecule has 2 unspecified atom stereocenters. The molecule has 158 valence electrons. The van der Waals surface area contributed by atoms with E-state index in [2.05, 4.69) is 26.4 Å². The number of fused-ring (bicyclic) bond motifs is 3. The Morgan fingerprint density at radius 1 is 1.12 bits per heavy atom. The van der Waals surface area contributed by atoms with Gasteiger partial charge in [0.15, 0.2) is 0 Å². The van der Waals surface area contributed by atoms with E-state index in [-0.39, 0.29) is 11.1 Å². The number of aryl methyl sites for hydroxylation is 1. The Balaban J connectivity index is 1.64. The third-order valence-electron chi connectivity index (χ3n) is 5.82. The normalized spacial score (nSPS) is 18.8. The molecule has 0 fully saturated rings. The lowest BCUT2D eigenvalue weighted by Crippen LogP contribution is -2.32. The van der Waals surface area contributed by atoms with E-state index >= 15 is 0 Å². The Bertz CT molecular complexity index is 1380. The summed E-state index contributed by atoms with van der Waals surface area (Å²) in [4.78, 5) is 8.72. The average molecular weight is 446 g/mol. The van der Waals surface area contributed by atoms with E-state index in [4.69, 9.17) is 16.3 Å². The Kier molecular flexibility index (Phi) is 4.26. The van der Waals surface area contributed by atoms with Crippen LogP contribution < -0.4 is 10.1 Å². The molecule has 0 spiro atoms. The number of pyridine rings is 1. The fourth-order valence-electron chi connectivity index (χ4n) is 4.39. The highest BCUT2D eigenvalue weighted by atomic mass is 35.5. The number of nitrogens with zero attached hydrogens (tertiary/aromatic N) is 4. The first kappa shape index (κ1) is 19.0. The zero-order chi connectivity index (χ0) is 21.8. The molecular formula is C24H17ClFN5O. The highest BCUT2D eigenvalue weighted by Gasteiger charge is 2.41. The van der Waals surface area contributed by atoms with Gasteiger partial charge in [0.25, 0.3) is 0 Å². The van der Waals surface area contributed by atoms with Crippen molar-refractivity contribution in [1.29, 1.82) is 0 Å². The maximum absolute atomic E-state index is 14.5. The van der Waals surface area contributed by atoms with Gasteiger partial charge in [-0.25, -0.2) is 9.07 Å². The fourth-order valence-corrected chi connectivity index (χ4v) is 4.51. The van der Waals surface area contributed by atoms with E-state index in [0.29, 0.717) is 17.3 Å². The predicted octanol–water partition coefficient (Wildman–Crippen LogP) is 5.33. The van der Waals surface area contributed by atoms with Crippen molar-refractivity contribution < 1.29 is 9.13 Å². The molecule has 2 atom stereocenters. The predicted molar refractivity (Wildman–Crippen MR) is 119 cm³/mol. The molecule has 32 heavy (non-hydrogen) atoms. The Morgan fingerprint density at radius 3 is 2.84 bits per heavy atom. The molecule has 1 N–H and O–H groups in total. The van der Waals surface area contributed by atoms with E-state index in [9.17, 15) is 4.39 Å². The molecule has 0 aliphatic carbocycles. The van der Waals surface area contributed by atoms with Gasteiger partial charge in [-0.15, -0.1) is 0 Å². The third kappa shape index (κ3) is 2.89. The Hall–Kier alpha value is -3.71. The second-order valence-corrected chi connectivity index (χ2v) is 8.25. The van der Waals surface area contributed by atoms with Crippen molar-refractivity contribution in [1.82, 2.24) is 19.7 Å². The topological polar surface area (TPSA) is 64.9 Å². The molecule has 8 heteroatoms. The van der Waals surface area contributed by atoms with Crippen LogP contribution in [0.3, 0.4) is 0 Å². The first-order valence-corrected chi connectivity index (χ1v) is 10.5. The second kappa shape index (κ2) is 7.17. The molecule has 0 radical (unpaired) electrons. The van der Waals surface area contributed by atoms with Crippen molar-refractivity contribution in [3.8, 4) is 5.75 Å². The van der Waals surface area contributed by atoms with Crippen LogP contribution in [0.15, 0.2) is 72.8 Å². The maximum atomic E-state index is 14.5. The molecule has 0 saturated heterocycles. The van der Waals surface area contributed by atoms with E-state index in [1.807, 2.05) is 31.2 Å². The molecule has 2 aromatic carbocycles. The molecule has 4 aromatic rings. The number of anilines is 1. The minimum atomic E-state index is -0.568. The van der Waals surface area contributed by atoms with Crippen molar-refractivity contribution in [2.45, 2.75) is 19.1 Å². The Morgan fingerprint density at radius 2 is 2.03 bits per heavy atom. The number of hydrogen-bond acceptors (Lipinski definition) is 5. The molecule has 6 rings (SSSR count). The van der Waals surface area contributed by atoms with Crippen molar-refractivity contribution in [3.05, 3.63) is 106 Å². The number of ether oxygens (including phenoxy) is 1. The summed E-state index contributed by atoms with van der Waals surface area (Å²) in [7, 11) is 0. The van der Waals surface area contributed by atoms with Gasteiger partial charge in [-0.05, 0) is 48.4 Å². The third-order valence-corrected chi connectivity index (χ3v) is 6.12. The van der Waals surface area contributed by atoms with Gasteiger partial charge in [-0.1, -0.05) is 35.4 Å². The van der Waals surface area contributed by atoms with Gasteiger partial charge in [0.1, 0.15) is 30.0 Å². The lowest BCUT2D eigenvalue weighted by Gasteiger charge is -2.39.